The van der Waals surface area contributed by atoms with Crippen molar-refractivity contribution in [2.24, 2.45) is 0 Å². The molecule has 0 saturated heterocycles. The number of fused-ring (bicyclic) bond motifs is 2. The SMILES string of the molecule is Nc1cccc2c1NCC2=Cc1ccc(S(=O)(=O)O)c2c1CCCC2. The summed E-state index contributed by atoms with van der Waals surface area (Å²) in [5.41, 5.74) is 12.7. The van der Waals surface area contributed by atoms with Gasteiger partial charge in [-0.3, -0.25) is 4.55 Å². The van der Waals surface area contributed by atoms with Crippen LogP contribution >= 0.6 is 0 Å². The molecular weight excluding hydrogens is 336 g/mol. The molecule has 1 heterocycles. The van der Waals surface area contributed by atoms with Crippen LogP contribution in [0.4, 0.5) is 11.4 Å². The lowest BCUT2D eigenvalue weighted by Gasteiger charge is -2.20. The van der Waals surface area contributed by atoms with Crippen LogP contribution in [0.3, 0.4) is 0 Å². The molecule has 0 spiro atoms. The van der Waals surface area contributed by atoms with Crippen molar-refractivity contribution < 1.29 is 13.0 Å². The Bertz CT molecular complexity index is 994. The fraction of sp³-hybridized carbons (Fsp3) is 0.263. The highest BCUT2D eigenvalue weighted by Gasteiger charge is 2.24. The summed E-state index contributed by atoms with van der Waals surface area (Å²) in [5.74, 6) is 0. The van der Waals surface area contributed by atoms with Crippen molar-refractivity contribution in [3.8, 4) is 0 Å². The molecule has 0 bridgehead atoms. The van der Waals surface area contributed by atoms with Crippen LogP contribution in [-0.4, -0.2) is 19.5 Å². The Morgan fingerprint density at radius 1 is 1.08 bits per heavy atom. The van der Waals surface area contributed by atoms with Gasteiger partial charge in [0.25, 0.3) is 10.1 Å². The van der Waals surface area contributed by atoms with Gasteiger partial charge in [0.1, 0.15) is 0 Å². The molecule has 2 aromatic carbocycles. The third-order valence-electron chi connectivity index (χ3n) is 5.03. The lowest BCUT2D eigenvalue weighted by atomic mass is 9.87. The first-order valence-electron chi connectivity index (χ1n) is 8.40. The van der Waals surface area contributed by atoms with Gasteiger partial charge in [-0.25, -0.2) is 0 Å². The highest BCUT2D eigenvalue weighted by molar-refractivity contribution is 7.85. The number of rotatable bonds is 2. The number of nitrogens with one attached hydrogen (secondary N) is 1. The second kappa shape index (κ2) is 5.89. The maximum atomic E-state index is 11.7. The van der Waals surface area contributed by atoms with E-state index >= 15 is 0 Å². The maximum absolute atomic E-state index is 11.7. The lowest BCUT2D eigenvalue weighted by Crippen LogP contribution is -2.12. The van der Waals surface area contributed by atoms with Gasteiger partial charge >= 0.3 is 0 Å². The summed E-state index contributed by atoms with van der Waals surface area (Å²) >= 11 is 0. The van der Waals surface area contributed by atoms with E-state index in [2.05, 4.69) is 11.4 Å². The van der Waals surface area contributed by atoms with E-state index < -0.39 is 10.1 Å². The molecule has 0 amide bonds. The van der Waals surface area contributed by atoms with Crippen molar-refractivity contribution in [1.29, 1.82) is 0 Å². The van der Waals surface area contributed by atoms with Gasteiger partial charge in [-0.1, -0.05) is 18.2 Å². The zero-order valence-electron chi connectivity index (χ0n) is 13.7. The summed E-state index contributed by atoms with van der Waals surface area (Å²) in [6.07, 6.45) is 5.59. The molecule has 0 aromatic heterocycles. The normalized spacial score (nSPS) is 17.9. The average Bonchev–Trinajstić information content (AvgIpc) is 2.98. The van der Waals surface area contributed by atoms with Crippen LogP contribution in [0.25, 0.3) is 11.6 Å². The summed E-state index contributed by atoms with van der Waals surface area (Å²) < 4.78 is 32.9. The van der Waals surface area contributed by atoms with Crippen LogP contribution in [0.15, 0.2) is 35.2 Å². The Kier molecular flexibility index (Phi) is 3.81. The van der Waals surface area contributed by atoms with Gasteiger partial charge in [-0.05, 0) is 66.2 Å². The summed E-state index contributed by atoms with van der Waals surface area (Å²) in [6.45, 7) is 0.693. The fourth-order valence-corrected chi connectivity index (χ4v) is 4.65. The zero-order chi connectivity index (χ0) is 17.6. The quantitative estimate of drug-likeness (QED) is 0.567. The van der Waals surface area contributed by atoms with Gasteiger partial charge in [-0.2, -0.15) is 8.42 Å². The Labute approximate surface area is 147 Å². The predicted molar refractivity (Wildman–Crippen MR) is 100 cm³/mol. The Morgan fingerprint density at radius 3 is 2.60 bits per heavy atom. The van der Waals surface area contributed by atoms with E-state index in [0.29, 0.717) is 13.0 Å². The summed E-state index contributed by atoms with van der Waals surface area (Å²) in [6, 6.07) is 9.17. The lowest BCUT2D eigenvalue weighted by molar-refractivity contribution is 0.481. The molecule has 2 aromatic rings. The summed E-state index contributed by atoms with van der Waals surface area (Å²) in [4.78, 5) is 0.0542. The number of para-hydroxylation sites is 1. The molecule has 130 valence electrons. The maximum Gasteiger partial charge on any atom is 0.294 e. The van der Waals surface area contributed by atoms with Crippen LogP contribution in [0, 0.1) is 0 Å². The van der Waals surface area contributed by atoms with Gasteiger partial charge in [0.15, 0.2) is 0 Å². The van der Waals surface area contributed by atoms with Crippen LogP contribution in [0.1, 0.15) is 35.1 Å². The third kappa shape index (κ3) is 2.81. The van der Waals surface area contributed by atoms with Crippen LogP contribution in [0.2, 0.25) is 0 Å². The number of nitrogen functional groups attached to an aromatic ring is 1. The molecule has 0 radical (unpaired) electrons. The van der Waals surface area contributed by atoms with Crippen molar-refractivity contribution in [3.63, 3.8) is 0 Å². The number of hydrogen-bond donors (Lipinski definition) is 3. The molecule has 0 fully saturated rings. The van der Waals surface area contributed by atoms with Crippen LogP contribution < -0.4 is 11.1 Å². The van der Waals surface area contributed by atoms with E-state index in [9.17, 15) is 13.0 Å². The highest BCUT2D eigenvalue weighted by atomic mass is 32.2. The minimum Gasteiger partial charge on any atom is -0.397 e. The molecule has 6 heteroatoms. The van der Waals surface area contributed by atoms with E-state index in [4.69, 9.17) is 5.73 Å². The molecular formula is C19H20N2O3S. The minimum absolute atomic E-state index is 0.0542. The monoisotopic (exact) mass is 356 g/mol. The second-order valence-corrected chi connectivity index (χ2v) is 7.98. The summed E-state index contributed by atoms with van der Waals surface area (Å²) in [7, 11) is -4.19. The van der Waals surface area contributed by atoms with Crippen LogP contribution in [0.5, 0.6) is 0 Å². The average molecular weight is 356 g/mol. The van der Waals surface area contributed by atoms with E-state index in [1.807, 2.05) is 18.2 Å². The molecule has 5 nitrogen and oxygen atoms in total. The molecule has 2 aliphatic rings. The molecule has 0 atom stereocenters. The van der Waals surface area contributed by atoms with Crippen molar-refractivity contribution in [1.82, 2.24) is 0 Å². The number of nitrogens with two attached hydrogens (primary N) is 1. The first-order chi connectivity index (χ1) is 11.9. The van der Waals surface area contributed by atoms with Crippen LogP contribution in [-0.2, 0) is 23.0 Å². The Morgan fingerprint density at radius 2 is 1.84 bits per heavy atom. The fourth-order valence-electron chi connectivity index (χ4n) is 3.87. The largest absolute Gasteiger partial charge is 0.397 e. The molecule has 4 rings (SSSR count). The van der Waals surface area contributed by atoms with Crippen molar-refractivity contribution in [2.75, 3.05) is 17.6 Å². The van der Waals surface area contributed by atoms with E-state index in [0.717, 1.165) is 58.5 Å². The smallest absolute Gasteiger partial charge is 0.294 e. The van der Waals surface area contributed by atoms with Gasteiger partial charge in [-0.15, -0.1) is 0 Å². The van der Waals surface area contributed by atoms with E-state index in [1.165, 1.54) is 6.07 Å². The standard InChI is InChI=1S/C19H20N2O3S/c20-17-7-3-6-15-13(11-21-19(15)17)10-12-8-9-18(25(22,23)24)16-5-2-1-4-14(12)16/h3,6-10,21H,1-2,4-5,11,20H2,(H,22,23,24). The minimum atomic E-state index is -4.19. The molecule has 1 aliphatic heterocycles. The van der Waals surface area contributed by atoms with E-state index in [1.54, 1.807) is 6.07 Å². The first-order valence-corrected chi connectivity index (χ1v) is 9.85. The van der Waals surface area contributed by atoms with Crippen molar-refractivity contribution in [2.45, 2.75) is 30.6 Å². The number of anilines is 2. The zero-order valence-corrected chi connectivity index (χ0v) is 14.6. The van der Waals surface area contributed by atoms with Gasteiger partial charge < -0.3 is 11.1 Å². The number of hydrogen-bond acceptors (Lipinski definition) is 4. The highest BCUT2D eigenvalue weighted by Crippen LogP contribution is 2.38. The van der Waals surface area contributed by atoms with Crippen molar-refractivity contribution >= 4 is 33.1 Å². The van der Waals surface area contributed by atoms with Gasteiger partial charge in [0, 0.05) is 12.1 Å². The Hall–Kier alpha value is -2.31. The summed E-state index contributed by atoms with van der Waals surface area (Å²) in [5, 5.41) is 3.33. The van der Waals surface area contributed by atoms with E-state index in [-0.39, 0.29) is 4.90 Å². The second-order valence-electron chi connectivity index (χ2n) is 6.59. The topological polar surface area (TPSA) is 92.4 Å². The predicted octanol–water partition coefficient (Wildman–Crippen LogP) is 3.36. The third-order valence-corrected chi connectivity index (χ3v) is 5.97. The molecule has 0 saturated carbocycles. The number of benzene rings is 2. The first kappa shape index (κ1) is 16.2. The molecule has 1 aliphatic carbocycles. The van der Waals surface area contributed by atoms with Gasteiger partial charge in [0.05, 0.1) is 16.3 Å². The molecule has 0 unspecified atom stereocenters. The molecule has 4 N–H and O–H groups in total. The Balaban J connectivity index is 1.85. The van der Waals surface area contributed by atoms with Gasteiger partial charge in [0.2, 0.25) is 0 Å². The molecule has 25 heavy (non-hydrogen) atoms. The van der Waals surface area contributed by atoms with Crippen molar-refractivity contribution in [3.05, 3.63) is 52.6 Å².